The summed E-state index contributed by atoms with van der Waals surface area (Å²) in [5.74, 6) is 0.633. The number of fused-ring (bicyclic) bond motifs is 1. The van der Waals surface area contributed by atoms with Gasteiger partial charge in [0, 0.05) is 18.8 Å². The maximum absolute atomic E-state index is 12.7. The van der Waals surface area contributed by atoms with Crippen molar-refractivity contribution in [3.63, 3.8) is 0 Å². The van der Waals surface area contributed by atoms with E-state index >= 15 is 0 Å². The van der Waals surface area contributed by atoms with Crippen molar-refractivity contribution in [2.75, 3.05) is 31.6 Å². The molecule has 3 rings (SSSR count). The van der Waals surface area contributed by atoms with E-state index in [1.165, 1.54) is 0 Å². The van der Waals surface area contributed by atoms with Gasteiger partial charge in [-0.2, -0.15) is 0 Å². The average Bonchev–Trinajstić information content (AvgIpc) is 2.73. The van der Waals surface area contributed by atoms with Crippen LogP contribution in [-0.2, 0) is 4.79 Å². The lowest BCUT2D eigenvalue weighted by Crippen LogP contribution is -2.30. The Labute approximate surface area is 175 Å². The minimum Gasteiger partial charge on any atom is -0.486 e. The van der Waals surface area contributed by atoms with Crippen LogP contribution in [0, 0.1) is 0 Å². The van der Waals surface area contributed by atoms with Crippen molar-refractivity contribution < 1.29 is 19.1 Å². The average molecular weight is 417 g/mol. The maximum atomic E-state index is 12.7. The molecule has 154 valence electrons. The maximum Gasteiger partial charge on any atom is 0.255 e. The Kier molecular flexibility index (Phi) is 6.64. The number of carbonyl (C=O) groups is 2. The zero-order valence-electron chi connectivity index (χ0n) is 16.8. The number of ether oxygens (including phenoxy) is 2. The summed E-state index contributed by atoms with van der Waals surface area (Å²) in [5.41, 5.74) is 1.79. The molecule has 0 saturated carbocycles. The van der Waals surface area contributed by atoms with Crippen molar-refractivity contribution >= 4 is 29.1 Å². The van der Waals surface area contributed by atoms with Gasteiger partial charge in [-0.05, 0) is 56.7 Å². The predicted molar refractivity (Wildman–Crippen MR) is 113 cm³/mol. The summed E-state index contributed by atoms with van der Waals surface area (Å²) < 4.78 is 11.1. The van der Waals surface area contributed by atoms with Crippen LogP contribution >= 0.6 is 11.6 Å². The molecule has 7 heteroatoms. The van der Waals surface area contributed by atoms with Crippen molar-refractivity contribution in [1.29, 1.82) is 0 Å². The van der Waals surface area contributed by atoms with Crippen molar-refractivity contribution in [3.8, 4) is 11.5 Å². The van der Waals surface area contributed by atoms with E-state index in [4.69, 9.17) is 21.1 Å². The number of rotatable bonds is 6. The summed E-state index contributed by atoms with van der Waals surface area (Å²) >= 11 is 6.31. The number of amides is 2. The molecule has 29 heavy (non-hydrogen) atoms. The van der Waals surface area contributed by atoms with Crippen LogP contribution in [0.15, 0.2) is 36.4 Å². The SMILES string of the molecule is CCN(CC)C(=O)c1ccc(NC(=O)C(C)c2ccc3c(c2)OCCO3)cc1Cl. The highest BCUT2D eigenvalue weighted by Crippen LogP contribution is 2.33. The number of benzene rings is 2. The normalized spacial score (nSPS) is 13.5. The number of anilines is 1. The molecular weight excluding hydrogens is 392 g/mol. The van der Waals surface area contributed by atoms with Gasteiger partial charge in [0.15, 0.2) is 11.5 Å². The molecule has 1 atom stereocenters. The monoisotopic (exact) mass is 416 g/mol. The van der Waals surface area contributed by atoms with Gasteiger partial charge < -0.3 is 19.7 Å². The molecule has 2 amide bonds. The van der Waals surface area contributed by atoms with Crippen LogP contribution in [0.2, 0.25) is 5.02 Å². The molecule has 0 saturated heterocycles. The Morgan fingerprint density at radius 2 is 1.76 bits per heavy atom. The van der Waals surface area contributed by atoms with E-state index in [0.717, 1.165) is 5.56 Å². The molecule has 1 heterocycles. The van der Waals surface area contributed by atoms with Crippen LogP contribution in [-0.4, -0.2) is 43.0 Å². The molecule has 1 unspecified atom stereocenters. The minimum atomic E-state index is -0.401. The van der Waals surface area contributed by atoms with Crippen LogP contribution < -0.4 is 14.8 Å². The molecule has 6 nitrogen and oxygen atoms in total. The molecule has 0 aromatic heterocycles. The first-order chi connectivity index (χ1) is 13.9. The first kappa shape index (κ1) is 21.0. The second kappa shape index (κ2) is 9.18. The lowest BCUT2D eigenvalue weighted by Gasteiger charge is -2.21. The van der Waals surface area contributed by atoms with E-state index < -0.39 is 5.92 Å². The Morgan fingerprint density at radius 3 is 2.41 bits per heavy atom. The fourth-order valence-corrected chi connectivity index (χ4v) is 3.44. The highest BCUT2D eigenvalue weighted by atomic mass is 35.5. The molecular formula is C22H25ClN2O4. The molecule has 0 bridgehead atoms. The van der Waals surface area contributed by atoms with Crippen molar-refractivity contribution in [1.82, 2.24) is 4.90 Å². The Hall–Kier alpha value is -2.73. The number of nitrogens with one attached hydrogen (secondary N) is 1. The first-order valence-electron chi connectivity index (χ1n) is 9.73. The summed E-state index contributed by atoms with van der Waals surface area (Å²) in [5, 5.41) is 3.18. The van der Waals surface area contributed by atoms with E-state index in [1.54, 1.807) is 23.1 Å². The molecule has 0 fully saturated rings. The molecule has 0 aliphatic carbocycles. The summed E-state index contributed by atoms with van der Waals surface area (Å²) in [6.07, 6.45) is 0. The quantitative estimate of drug-likeness (QED) is 0.760. The summed E-state index contributed by atoms with van der Waals surface area (Å²) in [4.78, 5) is 26.9. The van der Waals surface area contributed by atoms with Crippen molar-refractivity contribution in [2.24, 2.45) is 0 Å². The van der Waals surface area contributed by atoms with E-state index in [0.29, 0.717) is 54.1 Å². The number of carbonyl (C=O) groups excluding carboxylic acids is 2. The van der Waals surface area contributed by atoms with Gasteiger partial charge in [-0.1, -0.05) is 17.7 Å². The minimum absolute atomic E-state index is 0.123. The molecule has 0 spiro atoms. The molecule has 2 aromatic rings. The van der Waals surface area contributed by atoms with Gasteiger partial charge in [0.05, 0.1) is 16.5 Å². The number of nitrogens with zero attached hydrogens (tertiary/aromatic N) is 1. The Morgan fingerprint density at radius 1 is 1.07 bits per heavy atom. The van der Waals surface area contributed by atoms with Gasteiger partial charge in [0.25, 0.3) is 5.91 Å². The van der Waals surface area contributed by atoms with Gasteiger partial charge in [-0.3, -0.25) is 9.59 Å². The van der Waals surface area contributed by atoms with Crippen molar-refractivity contribution in [2.45, 2.75) is 26.7 Å². The predicted octanol–water partition coefficient (Wildman–Crippen LogP) is 4.34. The molecule has 1 aliphatic heterocycles. The number of hydrogen-bond donors (Lipinski definition) is 1. The third-order valence-corrected chi connectivity index (χ3v) is 5.29. The number of hydrogen-bond acceptors (Lipinski definition) is 4. The van der Waals surface area contributed by atoms with E-state index in [1.807, 2.05) is 39.0 Å². The van der Waals surface area contributed by atoms with Gasteiger partial charge in [0.2, 0.25) is 5.91 Å². The third-order valence-electron chi connectivity index (χ3n) is 4.98. The Bertz CT molecular complexity index is 912. The van der Waals surface area contributed by atoms with Crippen LogP contribution in [0.1, 0.15) is 42.6 Å². The molecule has 1 aliphatic rings. The van der Waals surface area contributed by atoms with Crippen LogP contribution in [0.25, 0.3) is 0 Å². The van der Waals surface area contributed by atoms with Crippen molar-refractivity contribution in [3.05, 3.63) is 52.5 Å². The van der Waals surface area contributed by atoms with E-state index in [9.17, 15) is 9.59 Å². The van der Waals surface area contributed by atoms with Crippen LogP contribution in [0.5, 0.6) is 11.5 Å². The highest BCUT2D eigenvalue weighted by molar-refractivity contribution is 6.34. The lowest BCUT2D eigenvalue weighted by molar-refractivity contribution is -0.117. The molecule has 1 N–H and O–H groups in total. The van der Waals surface area contributed by atoms with Gasteiger partial charge in [-0.15, -0.1) is 0 Å². The largest absolute Gasteiger partial charge is 0.486 e. The van der Waals surface area contributed by atoms with Gasteiger partial charge >= 0.3 is 0 Å². The smallest absolute Gasteiger partial charge is 0.255 e. The summed E-state index contributed by atoms with van der Waals surface area (Å²) in [6.45, 7) is 7.89. The third kappa shape index (κ3) is 4.65. The summed E-state index contributed by atoms with van der Waals surface area (Å²) in [6, 6.07) is 10.4. The fourth-order valence-electron chi connectivity index (χ4n) is 3.18. The second-order valence-corrected chi connectivity index (χ2v) is 7.19. The molecule has 0 radical (unpaired) electrons. The topological polar surface area (TPSA) is 67.9 Å². The zero-order valence-corrected chi connectivity index (χ0v) is 17.6. The van der Waals surface area contributed by atoms with Crippen LogP contribution in [0.3, 0.4) is 0 Å². The Balaban J connectivity index is 1.72. The van der Waals surface area contributed by atoms with Gasteiger partial charge in [-0.25, -0.2) is 0 Å². The standard InChI is InChI=1S/C22H25ClN2O4/c1-4-25(5-2)22(27)17-8-7-16(13-18(17)23)24-21(26)14(3)15-6-9-19-20(12-15)29-11-10-28-19/h6-9,12-14H,4-5,10-11H2,1-3H3,(H,24,26). The fraction of sp³-hybridized carbons (Fsp3) is 0.364. The highest BCUT2D eigenvalue weighted by Gasteiger charge is 2.21. The first-order valence-corrected chi connectivity index (χ1v) is 10.1. The molecule has 2 aromatic carbocycles. The van der Waals surface area contributed by atoms with Crippen LogP contribution in [0.4, 0.5) is 5.69 Å². The van der Waals surface area contributed by atoms with E-state index in [-0.39, 0.29) is 11.8 Å². The number of halogens is 1. The van der Waals surface area contributed by atoms with E-state index in [2.05, 4.69) is 5.32 Å². The lowest BCUT2D eigenvalue weighted by atomic mass is 9.99. The van der Waals surface area contributed by atoms with Gasteiger partial charge in [0.1, 0.15) is 13.2 Å². The zero-order chi connectivity index (χ0) is 21.0. The second-order valence-electron chi connectivity index (χ2n) is 6.79. The summed E-state index contributed by atoms with van der Waals surface area (Å²) in [7, 11) is 0.